The topological polar surface area (TPSA) is 33.2 Å². The number of halogens is 1. The fraction of sp³-hybridized carbons (Fsp3) is 0.444. The van der Waals surface area contributed by atoms with Crippen LogP contribution in [-0.4, -0.2) is 28.4 Å². The molecule has 1 aromatic carbocycles. The van der Waals surface area contributed by atoms with Crippen LogP contribution < -0.4 is 0 Å². The Morgan fingerprint density at radius 1 is 1.43 bits per heavy atom. The third kappa shape index (κ3) is 3.59. The molecule has 1 aliphatic heterocycles. The van der Waals surface area contributed by atoms with E-state index < -0.39 is 0 Å². The summed E-state index contributed by atoms with van der Waals surface area (Å²) in [7, 11) is 0. The van der Waals surface area contributed by atoms with Crippen LogP contribution in [0.4, 0.5) is 0 Å². The molecule has 0 spiro atoms. The van der Waals surface area contributed by atoms with Gasteiger partial charge in [-0.2, -0.15) is 0 Å². The molecule has 0 N–H and O–H groups in total. The van der Waals surface area contributed by atoms with Gasteiger partial charge in [-0.05, 0) is 24.8 Å². The first-order valence-corrected chi connectivity index (χ1v) is 9.33. The van der Waals surface area contributed by atoms with E-state index in [1.165, 1.54) is 0 Å². The minimum Gasteiger partial charge on any atom is -0.339 e. The number of carbonyl (C=O) groups excluding carboxylic acids is 1. The van der Waals surface area contributed by atoms with Crippen LogP contribution in [0.1, 0.15) is 32.4 Å². The highest BCUT2D eigenvalue weighted by atomic mass is 35.5. The average molecular weight is 349 g/mol. The number of rotatable bonds is 4. The number of likely N-dealkylation sites (tertiary alicyclic amines) is 1. The lowest BCUT2D eigenvalue weighted by Gasteiger charge is -2.23. The van der Waals surface area contributed by atoms with Crippen LogP contribution in [0.15, 0.2) is 29.6 Å². The Labute approximate surface area is 146 Å². The summed E-state index contributed by atoms with van der Waals surface area (Å²) in [5, 5.41) is 3.54. The van der Waals surface area contributed by atoms with Crippen LogP contribution in [0.5, 0.6) is 0 Å². The van der Waals surface area contributed by atoms with Crippen molar-refractivity contribution in [3.63, 3.8) is 0 Å². The molecule has 0 aliphatic carbocycles. The fourth-order valence-electron chi connectivity index (χ4n) is 3.25. The van der Waals surface area contributed by atoms with Gasteiger partial charge in [0.25, 0.3) is 0 Å². The molecule has 0 saturated carbocycles. The summed E-state index contributed by atoms with van der Waals surface area (Å²) in [6.45, 7) is 5.24. The Morgan fingerprint density at radius 2 is 2.22 bits per heavy atom. The van der Waals surface area contributed by atoms with Crippen molar-refractivity contribution < 1.29 is 4.79 Å². The third-order valence-electron chi connectivity index (χ3n) is 4.40. The summed E-state index contributed by atoms with van der Waals surface area (Å²) in [6.07, 6.45) is 2.52. The van der Waals surface area contributed by atoms with E-state index in [0.29, 0.717) is 23.4 Å². The monoisotopic (exact) mass is 348 g/mol. The maximum Gasteiger partial charge on any atom is 0.228 e. The van der Waals surface area contributed by atoms with E-state index in [2.05, 4.69) is 18.8 Å². The second kappa shape index (κ2) is 7.02. The standard InChI is InChI=1S/C18H21ClN2OS/c1-3-14-8-12(2)10-21(14)17(22)9-13-11-23-18(20-13)15-6-4-5-7-16(15)19/h4-7,11-12,14H,3,8-10H2,1-2H3. The minimum absolute atomic E-state index is 0.192. The van der Waals surface area contributed by atoms with Crippen LogP contribution in [0.2, 0.25) is 5.02 Å². The normalized spacial score (nSPS) is 20.9. The van der Waals surface area contributed by atoms with Gasteiger partial charge < -0.3 is 4.90 Å². The molecule has 3 nitrogen and oxygen atoms in total. The minimum atomic E-state index is 0.192. The highest BCUT2D eigenvalue weighted by molar-refractivity contribution is 7.13. The van der Waals surface area contributed by atoms with E-state index in [9.17, 15) is 4.79 Å². The Balaban J connectivity index is 1.72. The molecule has 1 aromatic heterocycles. The molecule has 0 bridgehead atoms. The first-order chi connectivity index (χ1) is 11.1. The molecule has 2 atom stereocenters. The highest BCUT2D eigenvalue weighted by Gasteiger charge is 2.31. The predicted octanol–water partition coefficient (Wildman–Crippen LogP) is 4.65. The van der Waals surface area contributed by atoms with Gasteiger partial charge in [0.1, 0.15) is 5.01 Å². The summed E-state index contributed by atoms with van der Waals surface area (Å²) in [5.41, 5.74) is 1.77. The molecule has 122 valence electrons. The number of benzene rings is 1. The van der Waals surface area contributed by atoms with Crippen molar-refractivity contribution in [3.8, 4) is 10.6 Å². The summed E-state index contributed by atoms with van der Waals surface area (Å²) in [4.78, 5) is 19.3. The van der Waals surface area contributed by atoms with E-state index in [1.54, 1.807) is 11.3 Å². The van der Waals surface area contributed by atoms with Crippen molar-refractivity contribution in [2.75, 3.05) is 6.54 Å². The molecule has 3 rings (SSSR count). The van der Waals surface area contributed by atoms with Crippen LogP contribution in [0.3, 0.4) is 0 Å². The molecule has 2 aromatic rings. The van der Waals surface area contributed by atoms with Gasteiger partial charge in [0, 0.05) is 23.5 Å². The number of thiazole rings is 1. The molecule has 0 radical (unpaired) electrons. The van der Waals surface area contributed by atoms with Gasteiger partial charge in [-0.25, -0.2) is 4.98 Å². The number of nitrogens with zero attached hydrogens (tertiary/aromatic N) is 2. The van der Waals surface area contributed by atoms with E-state index >= 15 is 0 Å². The van der Waals surface area contributed by atoms with Crippen molar-refractivity contribution >= 4 is 28.8 Å². The molecule has 1 fully saturated rings. The number of amides is 1. The van der Waals surface area contributed by atoms with Crippen molar-refractivity contribution in [3.05, 3.63) is 40.4 Å². The van der Waals surface area contributed by atoms with Gasteiger partial charge in [0.15, 0.2) is 0 Å². The van der Waals surface area contributed by atoms with Gasteiger partial charge in [-0.3, -0.25) is 4.79 Å². The predicted molar refractivity (Wildman–Crippen MR) is 95.8 cm³/mol. The van der Waals surface area contributed by atoms with Gasteiger partial charge in [-0.15, -0.1) is 11.3 Å². The van der Waals surface area contributed by atoms with E-state index in [0.717, 1.165) is 35.7 Å². The molecule has 2 unspecified atom stereocenters. The second-order valence-electron chi connectivity index (χ2n) is 6.25. The molecule has 1 aliphatic rings. The molecule has 1 amide bonds. The van der Waals surface area contributed by atoms with Crippen molar-refractivity contribution in [1.82, 2.24) is 9.88 Å². The Bertz CT molecular complexity index is 700. The zero-order valence-electron chi connectivity index (χ0n) is 13.5. The van der Waals surface area contributed by atoms with Gasteiger partial charge in [-0.1, -0.05) is 43.6 Å². The third-order valence-corrected chi connectivity index (χ3v) is 5.66. The van der Waals surface area contributed by atoms with Gasteiger partial charge in [0.05, 0.1) is 17.1 Å². The van der Waals surface area contributed by atoms with E-state index in [-0.39, 0.29) is 5.91 Å². The van der Waals surface area contributed by atoms with Gasteiger partial charge >= 0.3 is 0 Å². The fourth-order valence-corrected chi connectivity index (χ4v) is 4.39. The van der Waals surface area contributed by atoms with Crippen LogP contribution in [0, 0.1) is 5.92 Å². The smallest absolute Gasteiger partial charge is 0.228 e. The quantitative estimate of drug-likeness (QED) is 0.805. The number of aromatic nitrogens is 1. The maximum absolute atomic E-state index is 12.6. The maximum atomic E-state index is 12.6. The Hall–Kier alpha value is -1.39. The first-order valence-electron chi connectivity index (χ1n) is 8.07. The molecule has 1 saturated heterocycles. The molecule has 5 heteroatoms. The van der Waals surface area contributed by atoms with Crippen molar-refractivity contribution in [2.24, 2.45) is 5.92 Å². The second-order valence-corrected chi connectivity index (χ2v) is 7.51. The Morgan fingerprint density at radius 3 is 2.96 bits per heavy atom. The first kappa shape index (κ1) is 16.5. The summed E-state index contributed by atoms with van der Waals surface area (Å²) >= 11 is 7.76. The highest BCUT2D eigenvalue weighted by Crippen LogP contribution is 2.31. The summed E-state index contributed by atoms with van der Waals surface area (Å²) in [6, 6.07) is 8.07. The van der Waals surface area contributed by atoms with Crippen LogP contribution in [-0.2, 0) is 11.2 Å². The van der Waals surface area contributed by atoms with E-state index in [1.807, 2.05) is 34.5 Å². The lowest BCUT2D eigenvalue weighted by molar-refractivity contribution is -0.131. The molecular formula is C18H21ClN2OS. The Kier molecular flexibility index (Phi) is 5.02. The lowest BCUT2D eigenvalue weighted by Crippen LogP contribution is -2.36. The SMILES string of the molecule is CCC1CC(C)CN1C(=O)Cc1csc(-c2ccccc2Cl)n1. The molecule has 2 heterocycles. The van der Waals surface area contributed by atoms with Crippen LogP contribution in [0.25, 0.3) is 10.6 Å². The number of carbonyl (C=O) groups is 1. The summed E-state index contributed by atoms with van der Waals surface area (Å²) in [5.74, 6) is 0.787. The number of hydrogen-bond acceptors (Lipinski definition) is 3. The molecule has 23 heavy (non-hydrogen) atoms. The van der Waals surface area contributed by atoms with Crippen molar-refractivity contribution in [2.45, 2.75) is 39.2 Å². The lowest BCUT2D eigenvalue weighted by atomic mass is 10.1. The number of hydrogen-bond donors (Lipinski definition) is 0. The zero-order valence-corrected chi connectivity index (χ0v) is 15.0. The average Bonchev–Trinajstić information content (AvgIpc) is 3.14. The molecular weight excluding hydrogens is 328 g/mol. The van der Waals surface area contributed by atoms with Gasteiger partial charge in [0.2, 0.25) is 5.91 Å². The van der Waals surface area contributed by atoms with E-state index in [4.69, 9.17) is 11.6 Å². The van der Waals surface area contributed by atoms with Crippen molar-refractivity contribution in [1.29, 1.82) is 0 Å². The van der Waals surface area contributed by atoms with Crippen LogP contribution >= 0.6 is 22.9 Å². The largest absolute Gasteiger partial charge is 0.339 e. The zero-order chi connectivity index (χ0) is 16.4. The summed E-state index contributed by atoms with van der Waals surface area (Å²) < 4.78 is 0.